The lowest BCUT2D eigenvalue weighted by atomic mass is 10.1. The zero-order valence-electron chi connectivity index (χ0n) is 26.9. The molecule has 5 rings (SSSR count). The number of ether oxygens (including phenoxy) is 1. The van der Waals surface area contributed by atoms with Gasteiger partial charge in [0.1, 0.15) is 11.3 Å². The SMILES string of the molecule is CC(C)(C)OC(=O)N=C(N1CCC[C@H]1Cc1nc(-c2ccc(Cn3cc(-c4ccccn4)nn3)cc2)no1)N(C(=O)O)C(C)(C)C. The third-order valence-corrected chi connectivity index (χ3v) is 7.18. The minimum atomic E-state index is -1.22. The topological polar surface area (TPSA) is 165 Å². The molecule has 46 heavy (non-hydrogen) atoms. The second-order valence-corrected chi connectivity index (χ2v) is 13.1. The van der Waals surface area contributed by atoms with Gasteiger partial charge in [-0.1, -0.05) is 40.7 Å². The molecule has 1 atom stereocenters. The summed E-state index contributed by atoms with van der Waals surface area (Å²) in [5, 5.41) is 22.8. The number of guanidine groups is 1. The highest BCUT2D eigenvalue weighted by atomic mass is 16.6. The van der Waals surface area contributed by atoms with Crippen molar-refractivity contribution in [2.24, 2.45) is 4.99 Å². The molecule has 14 heteroatoms. The lowest BCUT2D eigenvalue weighted by Gasteiger charge is -2.39. The molecule has 1 aromatic carbocycles. The first-order valence-corrected chi connectivity index (χ1v) is 15.1. The Morgan fingerprint density at radius 1 is 1.09 bits per heavy atom. The summed E-state index contributed by atoms with van der Waals surface area (Å²) in [4.78, 5) is 41.3. The molecule has 242 valence electrons. The Labute approximate surface area is 267 Å². The molecule has 0 saturated carbocycles. The van der Waals surface area contributed by atoms with E-state index in [-0.39, 0.29) is 12.0 Å². The number of amides is 2. The predicted octanol–water partition coefficient (Wildman–Crippen LogP) is 5.51. The fourth-order valence-corrected chi connectivity index (χ4v) is 5.20. The van der Waals surface area contributed by atoms with Gasteiger partial charge in [-0.25, -0.2) is 19.2 Å². The van der Waals surface area contributed by atoms with Gasteiger partial charge >= 0.3 is 12.2 Å². The average Bonchev–Trinajstić information content (AvgIpc) is 3.74. The number of carbonyl (C=O) groups excluding carboxylic acids is 1. The first kappa shape index (κ1) is 32.3. The number of hydrogen-bond donors (Lipinski definition) is 1. The van der Waals surface area contributed by atoms with E-state index in [0.29, 0.717) is 36.9 Å². The molecule has 0 bridgehead atoms. The van der Waals surface area contributed by atoms with Crippen LogP contribution in [0, 0.1) is 0 Å². The molecule has 1 fully saturated rings. The van der Waals surface area contributed by atoms with E-state index >= 15 is 0 Å². The maximum atomic E-state index is 12.8. The largest absolute Gasteiger partial charge is 0.465 e. The van der Waals surface area contributed by atoms with Gasteiger partial charge in [-0.15, -0.1) is 10.1 Å². The Morgan fingerprint density at radius 2 is 1.85 bits per heavy atom. The lowest BCUT2D eigenvalue weighted by Crippen LogP contribution is -2.56. The van der Waals surface area contributed by atoms with Crippen molar-refractivity contribution in [2.75, 3.05) is 6.54 Å². The zero-order chi connectivity index (χ0) is 33.1. The van der Waals surface area contributed by atoms with E-state index in [1.165, 1.54) is 0 Å². The monoisotopic (exact) mass is 629 g/mol. The Balaban J connectivity index is 1.29. The summed E-state index contributed by atoms with van der Waals surface area (Å²) in [5.41, 5.74) is 1.60. The Hall–Kier alpha value is -5.14. The van der Waals surface area contributed by atoms with Crippen molar-refractivity contribution in [3.8, 4) is 22.8 Å². The molecular formula is C32H39N9O5. The van der Waals surface area contributed by atoms with E-state index in [9.17, 15) is 14.7 Å². The van der Waals surface area contributed by atoms with Crippen molar-refractivity contribution in [1.82, 2.24) is 39.9 Å². The number of aromatic nitrogens is 6. The summed E-state index contributed by atoms with van der Waals surface area (Å²) in [7, 11) is 0. The number of rotatable bonds is 6. The van der Waals surface area contributed by atoms with E-state index in [1.807, 2.05) is 53.6 Å². The lowest BCUT2D eigenvalue weighted by molar-refractivity contribution is 0.0595. The Kier molecular flexibility index (Phi) is 9.17. The van der Waals surface area contributed by atoms with Crippen LogP contribution >= 0.6 is 0 Å². The summed E-state index contributed by atoms with van der Waals surface area (Å²) in [5.74, 6) is 0.857. The first-order valence-electron chi connectivity index (χ1n) is 15.1. The van der Waals surface area contributed by atoms with Crippen molar-refractivity contribution in [1.29, 1.82) is 0 Å². The van der Waals surface area contributed by atoms with E-state index in [2.05, 4.69) is 30.4 Å². The van der Waals surface area contributed by atoms with Crippen LogP contribution in [0.1, 0.15) is 65.8 Å². The molecule has 3 aromatic heterocycles. The summed E-state index contributed by atoms with van der Waals surface area (Å²) in [6.45, 7) is 11.5. The number of likely N-dealkylation sites (tertiary alicyclic amines) is 1. The standard InChI is InChI=1S/C32H39N9O5/c1-31(2,3)41(30(43)44)28(35-29(42)45-32(4,5)6)40-17-9-10-23(40)18-26-34-27(37-46-26)22-14-12-21(13-15-22)19-39-20-25(36-38-39)24-11-7-8-16-33-24/h7-8,11-16,20,23H,9-10,17-19H2,1-6H3,(H,43,44)/t23-/m0/s1. The zero-order valence-corrected chi connectivity index (χ0v) is 26.9. The molecule has 1 aliphatic rings. The average molecular weight is 630 g/mol. The molecule has 1 saturated heterocycles. The van der Waals surface area contributed by atoms with Crippen LogP contribution < -0.4 is 0 Å². The second-order valence-electron chi connectivity index (χ2n) is 13.1. The van der Waals surface area contributed by atoms with Crippen LogP contribution in [0.5, 0.6) is 0 Å². The van der Waals surface area contributed by atoms with E-state index < -0.39 is 23.3 Å². The van der Waals surface area contributed by atoms with Crippen LogP contribution in [0.15, 0.2) is 64.4 Å². The summed E-state index contributed by atoms with van der Waals surface area (Å²) >= 11 is 0. The molecule has 0 unspecified atom stereocenters. The van der Waals surface area contributed by atoms with Crippen molar-refractivity contribution < 1.29 is 24.0 Å². The Morgan fingerprint density at radius 3 is 2.50 bits per heavy atom. The van der Waals surface area contributed by atoms with Gasteiger partial charge in [-0.05, 0) is 72.1 Å². The molecule has 4 aromatic rings. The van der Waals surface area contributed by atoms with Crippen molar-refractivity contribution in [3.63, 3.8) is 0 Å². The normalized spacial score (nSPS) is 15.7. The third kappa shape index (κ3) is 7.92. The van der Waals surface area contributed by atoms with Gasteiger partial charge in [0.25, 0.3) is 0 Å². The van der Waals surface area contributed by atoms with Crippen molar-refractivity contribution in [3.05, 3.63) is 66.3 Å². The maximum absolute atomic E-state index is 12.8. The number of hydrogen-bond acceptors (Lipinski definition) is 9. The van der Waals surface area contributed by atoms with Crippen LogP contribution in [0.25, 0.3) is 22.8 Å². The van der Waals surface area contributed by atoms with Crippen LogP contribution in [0.3, 0.4) is 0 Å². The third-order valence-electron chi connectivity index (χ3n) is 7.18. The van der Waals surface area contributed by atoms with Gasteiger partial charge in [0.2, 0.25) is 17.7 Å². The van der Waals surface area contributed by atoms with Crippen LogP contribution in [-0.4, -0.2) is 86.9 Å². The number of pyridine rings is 1. The minimum Gasteiger partial charge on any atom is -0.465 e. The van der Waals surface area contributed by atoms with E-state index in [1.54, 1.807) is 52.4 Å². The van der Waals surface area contributed by atoms with Crippen LogP contribution in [0.4, 0.5) is 9.59 Å². The molecule has 1 aliphatic heterocycles. The van der Waals surface area contributed by atoms with Crippen molar-refractivity contribution in [2.45, 2.75) is 84.5 Å². The molecule has 1 N–H and O–H groups in total. The highest BCUT2D eigenvalue weighted by Crippen LogP contribution is 2.27. The van der Waals surface area contributed by atoms with Gasteiger partial charge in [0.15, 0.2) is 0 Å². The molecule has 4 heterocycles. The number of nitrogens with zero attached hydrogens (tertiary/aromatic N) is 9. The minimum absolute atomic E-state index is 0.0200. The summed E-state index contributed by atoms with van der Waals surface area (Å²) < 4.78 is 12.8. The van der Waals surface area contributed by atoms with Crippen LogP contribution in [-0.2, 0) is 17.7 Å². The molecular weight excluding hydrogens is 590 g/mol. The second kappa shape index (κ2) is 13.1. The van der Waals surface area contributed by atoms with Gasteiger partial charge < -0.3 is 19.3 Å². The predicted molar refractivity (Wildman–Crippen MR) is 169 cm³/mol. The molecule has 0 aliphatic carbocycles. The van der Waals surface area contributed by atoms with Crippen LogP contribution in [0.2, 0.25) is 0 Å². The van der Waals surface area contributed by atoms with Gasteiger partial charge in [0.05, 0.1) is 18.4 Å². The van der Waals surface area contributed by atoms with Crippen molar-refractivity contribution >= 4 is 18.1 Å². The summed E-state index contributed by atoms with van der Waals surface area (Å²) in [6, 6.07) is 13.2. The number of benzene rings is 1. The molecule has 2 amide bonds. The van der Waals surface area contributed by atoms with Gasteiger partial charge in [-0.2, -0.15) is 4.98 Å². The number of carboxylic acid groups (broad SMARTS) is 1. The molecule has 0 spiro atoms. The quantitative estimate of drug-likeness (QED) is 0.211. The number of carbonyl (C=O) groups is 2. The fraction of sp³-hybridized carbons (Fsp3) is 0.438. The molecule has 0 radical (unpaired) electrons. The fourth-order valence-electron chi connectivity index (χ4n) is 5.20. The van der Waals surface area contributed by atoms with E-state index in [0.717, 1.165) is 34.6 Å². The number of aliphatic imine (C=N–C) groups is 1. The Bertz CT molecular complexity index is 1680. The summed E-state index contributed by atoms with van der Waals surface area (Å²) in [6.07, 6.45) is 3.34. The highest BCUT2D eigenvalue weighted by Gasteiger charge is 2.39. The molecule has 14 nitrogen and oxygen atoms in total. The highest BCUT2D eigenvalue weighted by molar-refractivity contribution is 5.99. The smallest absolute Gasteiger partial charge is 0.437 e. The first-order chi connectivity index (χ1) is 21.8. The maximum Gasteiger partial charge on any atom is 0.437 e. The van der Waals surface area contributed by atoms with Gasteiger partial charge in [-0.3, -0.25) is 4.98 Å². The van der Waals surface area contributed by atoms with Gasteiger partial charge in [0, 0.05) is 36.3 Å². The van der Waals surface area contributed by atoms with E-state index in [4.69, 9.17) is 9.26 Å².